The fourth-order valence-corrected chi connectivity index (χ4v) is 1.68. The zero-order valence-electron chi connectivity index (χ0n) is 11.1. The first-order valence-corrected chi connectivity index (χ1v) is 5.95. The summed E-state index contributed by atoms with van der Waals surface area (Å²) in [6, 6.07) is 4.50. The number of methoxy groups -OCH3 is 1. The summed E-state index contributed by atoms with van der Waals surface area (Å²) < 4.78 is 10.0. The maximum atomic E-state index is 11.0. The predicted octanol–water partition coefficient (Wildman–Crippen LogP) is 1.42. The van der Waals surface area contributed by atoms with Crippen LogP contribution in [0.2, 0.25) is 0 Å². The summed E-state index contributed by atoms with van der Waals surface area (Å²) in [5.41, 5.74) is 0.348. The first kappa shape index (κ1) is 13.9. The van der Waals surface area contributed by atoms with Crippen molar-refractivity contribution >= 4 is 5.69 Å². The highest BCUT2D eigenvalue weighted by Crippen LogP contribution is 2.31. The van der Waals surface area contributed by atoms with E-state index in [2.05, 4.69) is 15.5 Å². The number of nitro groups is 1. The quantitative estimate of drug-likeness (QED) is 0.629. The number of rotatable bonds is 6. The first-order chi connectivity index (χ1) is 9.65. The standard InChI is InChI=1S/C12H14N4O4/c1-13-6-5-11-14-12(20-15-11)8-3-4-10(19-2)9(7-8)16(17)18/h3-4,7,13H,5-6H2,1-2H3. The molecule has 0 aliphatic heterocycles. The van der Waals surface area contributed by atoms with Gasteiger partial charge in [0.25, 0.3) is 5.89 Å². The molecule has 0 atom stereocenters. The van der Waals surface area contributed by atoms with Crippen molar-refractivity contribution in [3.05, 3.63) is 34.1 Å². The van der Waals surface area contributed by atoms with Gasteiger partial charge in [0.2, 0.25) is 0 Å². The molecule has 0 spiro atoms. The van der Waals surface area contributed by atoms with Crippen LogP contribution in [0.4, 0.5) is 5.69 Å². The summed E-state index contributed by atoms with van der Waals surface area (Å²) >= 11 is 0. The van der Waals surface area contributed by atoms with E-state index < -0.39 is 4.92 Å². The molecule has 2 rings (SSSR count). The SMILES string of the molecule is CNCCc1noc(-c2ccc(OC)c([N+](=O)[O-])c2)n1. The second-order valence-electron chi connectivity index (χ2n) is 4.01. The molecule has 0 saturated carbocycles. The van der Waals surface area contributed by atoms with Gasteiger partial charge in [0.1, 0.15) is 0 Å². The van der Waals surface area contributed by atoms with Crippen LogP contribution in [0.25, 0.3) is 11.5 Å². The van der Waals surface area contributed by atoms with E-state index in [9.17, 15) is 10.1 Å². The van der Waals surface area contributed by atoms with Crippen molar-refractivity contribution in [3.63, 3.8) is 0 Å². The third-order valence-corrected chi connectivity index (χ3v) is 2.69. The van der Waals surface area contributed by atoms with Crippen LogP contribution in [-0.2, 0) is 6.42 Å². The lowest BCUT2D eigenvalue weighted by Crippen LogP contribution is -2.10. The van der Waals surface area contributed by atoms with Crippen LogP contribution in [0, 0.1) is 10.1 Å². The Bertz CT molecular complexity index is 611. The van der Waals surface area contributed by atoms with E-state index in [1.54, 1.807) is 6.07 Å². The highest BCUT2D eigenvalue weighted by Gasteiger charge is 2.18. The lowest BCUT2D eigenvalue weighted by Gasteiger charge is -2.01. The fourth-order valence-electron chi connectivity index (χ4n) is 1.68. The van der Waals surface area contributed by atoms with Gasteiger partial charge in [0.05, 0.1) is 12.0 Å². The van der Waals surface area contributed by atoms with E-state index in [0.717, 1.165) is 6.54 Å². The molecule has 0 saturated heterocycles. The Labute approximate surface area is 114 Å². The van der Waals surface area contributed by atoms with Gasteiger partial charge in [-0.25, -0.2) is 0 Å². The molecule has 0 bridgehead atoms. The normalized spacial score (nSPS) is 10.5. The lowest BCUT2D eigenvalue weighted by molar-refractivity contribution is -0.385. The number of benzene rings is 1. The largest absolute Gasteiger partial charge is 0.490 e. The summed E-state index contributed by atoms with van der Waals surface area (Å²) in [7, 11) is 3.21. The van der Waals surface area contributed by atoms with Crippen molar-refractivity contribution in [2.45, 2.75) is 6.42 Å². The van der Waals surface area contributed by atoms with E-state index in [1.165, 1.54) is 19.2 Å². The van der Waals surface area contributed by atoms with Gasteiger partial charge in [-0.3, -0.25) is 10.1 Å². The molecule has 1 aromatic heterocycles. The van der Waals surface area contributed by atoms with E-state index >= 15 is 0 Å². The number of nitro benzene ring substituents is 1. The van der Waals surface area contributed by atoms with Gasteiger partial charge in [-0.15, -0.1) is 0 Å². The molecular formula is C12H14N4O4. The lowest BCUT2D eigenvalue weighted by atomic mass is 10.2. The number of aromatic nitrogens is 2. The Hall–Kier alpha value is -2.48. The van der Waals surface area contributed by atoms with Crippen LogP contribution in [0.15, 0.2) is 22.7 Å². The molecule has 1 aromatic carbocycles. The molecule has 0 aliphatic carbocycles. The molecule has 8 heteroatoms. The molecule has 106 valence electrons. The minimum absolute atomic E-state index is 0.139. The molecule has 1 N–H and O–H groups in total. The van der Waals surface area contributed by atoms with Crippen LogP contribution in [0.1, 0.15) is 5.82 Å². The highest BCUT2D eigenvalue weighted by molar-refractivity contribution is 5.62. The van der Waals surface area contributed by atoms with E-state index in [0.29, 0.717) is 17.8 Å². The van der Waals surface area contributed by atoms with Crippen molar-refractivity contribution in [2.75, 3.05) is 20.7 Å². The van der Waals surface area contributed by atoms with Crippen LogP contribution in [0.5, 0.6) is 5.75 Å². The number of hydrogen-bond acceptors (Lipinski definition) is 7. The Morgan fingerprint density at radius 1 is 1.50 bits per heavy atom. The summed E-state index contributed by atoms with van der Waals surface area (Å²) in [5.74, 6) is 0.989. The zero-order chi connectivity index (χ0) is 14.5. The number of nitrogens with one attached hydrogen (secondary N) is 1. The Balaban J connectivity index is 2.30. The number of likely N-dealkylation sites (N-methyl/N-ethyl adjacent to an activating group) is 1. The van der Waals surface area contributed by atoms with Crippen molar-refractivity contribution in [3.8, 4) is 17.2 Å². The second kappa shape index (κ2) is 6.11. The summed E-state index contributed by atoms with van der Waals surface area (Å²) in [5, 5.41) is 17.8. The van der Waals surface area contributed by atoms with E-state index in [4.69, 9.17) is 9.26 Å². The Kier molecular flexibility index (Phi) is 4.26. The average molecular weight is 278 g/mol. The zero-order valence-corrected chi connectivity index (χ0v) is 11.1. The third kappa shape index (κ3) is 2.91. The van der Waals surface area contributed by atoms with Gasteiger partial charge in [0, 0.05) is 24.6 Å². The smallest absolute Gasteiger partial charge is 0.311 e. The molecule has 8 nitrogen and oxygen atoms in total. The summed E-state index contributed by atoms with van der Waals surface area (Å²) in [4.78, 5) is 14.6. The summed E-state index contributed by atoms with van der Waals surface area (Å²) in [6.45, 7) is 0.724. The fraction of sp³-hybridized carbons (Fsp3) is 0.333. The van der Waals surface area contributed by atoms with E-state index in [-0.39, 0.29) is 17.3 Å². The maximum absolute atomic E-state index is 11.0. The van der Waals surface area contributed by atoms with Gasteiger partial charge in [0.15, 0.2) is 11.6 Å². The molecule has 0 radical (unpaired) electrons. The maximum Gasteiger partial charge on any atom is 0.311 e. The minimum atomic E-state index is -0.513. The van der Waals surface area contributed by atoms with E-state index in [1.807, 2.05) is 7.05 Å². The average Bonchev–Trinajstić information content (AvgIpc) is 2.93. The van der Waals surface area contributed by atoms with Gasteiger partial charge in [-0.05, 0) is 19.2 Å². The van der Waals surface area contributed by atoms with Crippen molar-refractivity contribution in [1.29, 1.82) is 0 Å². The van der Waals surface area contributed by atoms with Gasteiger partial charge in [-0.2, -0.15) is 4.98 Å². The highest BCUT2D eigenvalue weighted by atomic mass is 16.6. The molecule has 0 aliphatic rings. The Morgan fingerprint density at radius 2 is 2.30 bits per heavy atom. The van der Waals surface area contributed by atoms with Crippen LogP contribution >= 0.6 is 0 Å². The van der Waals surface area contributed by atoms with Gasteiger partial charge < -0.3 is 14.6 Å². The van der Waals surface area contributed by atoms with Crippen molar-refractivity contribution in [1.82, 2.24) is 15.5 Å². The molecule has 20 heavy (non-hydrogen) atoms. The number of nitrogens with zero attached hydrogens (tertiary/aromatic N) is 3. The first-order valence-electron chi connectivity index (χ1n) is 5.95. The van der Waals surface area contributed by atoms with Crippen molar-refractivity contribution in [2.24, 2.45) is 0 Å². The van der Waals surface area contributed by atoms with Crippen LogP contribution in [-0.4, -0.2) is 35.8 Å². The molecule has 0 amide bonds. The van der Waals surface area contributed by atoms with Crippen LogP contribution < -0.4 is 10.1 Å². The Morgan fingerprint density at radius 3 is 2.95 bits per heavy atom. The van der Waals surface area contributed by atoms with Crippen molar-refractivity contribution < 1.29 is 14.2 Å². The minimum Gasteiger partial charge on any atom is -0.490 e. The van der Waals surface area contributed by atoms with Gasteiger partial charge in [-0.1, -0.05) is 5.16 Å². The predicted molar refractivity (Wildman–Crippen MR) is 70.6 cm³/mol. The molecule has 2 aromatic rings. The third-order valence-electron chi connectivity index (χ3n) is 2.69. The monoisotopic (exact) mass is 278 g/mol. The molecule has 0 fully saturated rings. The number of ether oxygens (including phenoxy) is 1. The number of hydrogen-bond donors (Lipinski definition) is 1. The molecule has 0 unspecified atom stereocenters. The van der Waals surface area contributed by atoms with Crippen LogP contribution in [0.3, 0.4) is 0 Å². The second-order valence-corrected chi connectivity index (χ2v) is 4.01. The van der Waals surface area contributed by atoms with Gasteiger partial charge >= 0.3 is 5.69 Å². The topological polar surface area (TPSA) is 103 Å². The molecular weight excluding hydrogens is 264 g/mol. The molecule has 1 heterocycles. The summed E-state index contributed by atoms with van der Waals surface area (Å²) in [6.07, 6.45) is 0.623.